The first-order valence-electron chi connectivity index (χ1n) is 7.39. The Labute approximate surface area is 126 Å². The SMILES string of the molecule is CCC1CN(C(=O)c2ccccc2CCNC)CCS1. The highest BCUT2D eigenvalue weighted by Gasteiger charge is 2.24. The van der Waals surface area contributed by atoms with Crippen LogP contribution in [0.2, 0.25) is 0 Å². The Morgan fingerprint density at radius 1 is 1.45 bits per heavy atom. The molecule has 0 saturated carbocycles. The maximum Gasteiger partial charge on any atom is 0.254 e. The van der Waals surface area contributed by atoms with Gasteiger partial charge in [-0.25, -0.2) is 0 Å². The minimum absolute atomic E-state index is 0.204. The summed E-state index contributed by atoms with van der Waals surface area (Å²) in [5.74, 6) is 1.26. The predicted molar refractivity (Wildman–Crippen MR) is 86.5 cm³/mol. The number of hydrogen-bond acceptors (Lipinski definition) is 3. The highest BCUT2D eigenvalue weighted by atomic mass is 32.2. The van der Waals surface area contributed by atoms with Crippen molar-refractivity contribution in [2.45, 2.75) is 25.0 Å². The first-order chi connectivity index (χ1) is 9.76. The van der Waals surface area contributed by atoms with Crippen LogP contribution < -0.4 is 5.32 Å². The number of carbonyl (C=O) groups excluding carboxylic acids is 1. The van der Waals surface area contributed by atoms with Crippen molar-refractivity contribution in [1.82, 2.24) is 10.2 Å². The van der Waals surface area contributed by atoms with Crippen molar-refractivity contribution in [3.8, 4) is 0 Å². The van der Waals surface area contributed by atoms with Crippen molar-refractivity contribution in [3.63, 3.8) is 0 Å². The lowest BCUT2D eigenvalue weighted by atomic mass is 10.0. The molecule has 1 heterocycles. The molecule has 4 heteroatoms. The third-order valence-corrected chi connectivity index (χ3v) is 5.15. The fourth-order valence-corrected chi connectivity index (χ4v) is 3.71. The molecule has 1 aromatic carbocycles. The van der Waals surface area contributed by atoms with Crippen LogP contribution in [0.5, 0.6) is 0 Å². The molecule has 0 aliphatic carbocycles. The summed E-state index contributed by atoms with van der Waals surface area (Å²) in [6.07, 6.45) is 2.04. The highest BCUT2D eigenvalue weighted by molar-refractivity contribution is 8.00. The Hall–Kier alpha value is -1.00. The second-order valence-corrected chi connectivity index (χ2v) is 6.57. The van der Waals surface area contributed by atoms with Crippen LogP contribution in [-0.2, 0) is 6.42 Å². The highest BCUT2D eigenvalue weighted by Crippen LogP contribution is 2.23. The van der Waals surface area contributed by atoms with Gasteiger partial charge in [-0.15, -0.1) is 0 Å². The average molecular weight is 292 g/mol. The van der Waals surface area contributed by atoms with Crippen LogP contribution in [0.25, 0.3) is 0 Å². The molecule has 1 amide bonds. The molecule has 3 nitrogen and oxygen atoms in total. The number of benzene rings is 1. The van der Waals surface area contributed by atoms with Gasteiger partial charge in [-0.05, 0) is 38.1 Å². The Morgan fingerprint density at radius 2 is 2.25 bits per heavy atom. The van der Waals surface area contributed by atoms with Gasteiger partial charge in [0.2, 0.25) is 0 Å². The van der Waals surface area contributed by atoms with E-state index in [1.54, 1.807) is 0 Å². The van der Waals surface area contributed by atoms with E-state index in [2.05, 4.69) is 18.3 Å². The summed E-state index contributed by atoms with van der Waals surface area (Å²) in [7, 11) is 1.94. The normalized spacial score (nSPS) is 19.1. The summed E-state index contributed by atoms with van der Waals surface area (Å²) >= 11 is 1.99. The summed E-state index contributed by atoms with van der Waals surface area (Å²) in [4.78, 5) is 14.8. The minimum Gasteiger partial charge on any atom is -0.337 e. The Morgan fingerprint density at radius 3 is 3.00 bits per heavy atom. The molecule has 2 rings (SSSR count). The fourth-order valence-electron chi connectivity index (χ4n) is 2.53. The largest absolute Gasteiger partial charge is 0.337 e. The van der Waals surface area contributed by atoms with Crippen molar-refractivity contribution in [1.29, 1.82) is 0 Å². The average Bonchev–Trinajstić information content (AvgIpc) is 2.52. The van der Waals surface area contributed by atoms with Crippen LogP contribution >= 0.6 is 11.8 Å². The monoisotopic (exact) mass is 292 g/mol. The first kappa shape index (κ1) is 15.4. The molecule has 0 spiro atoms. The van der Waals surface area contributed by atoms with E-state index in [1.807, 2.05) is 41.9 Å². The van der Waals surface area contributed by atoms with Crippen LogP contribution in [0.15, 0.2) is 24.3 Å². The van der Waals surface area contributed by atoms with Crippen molar-refractivity contribution >= 4 is 17.7 Å². The summed E-state index contributed by atoms with van der Waals surface area (Å²) in [5, 5.41) is 3.74. The van der Waals surface area contributed by atoms with Crippen LogP contribution in [0.3, 0.4) is 0 Å². The van der Waals surface area contributed by atoms with E-state index >= 15 is 0 Å². The van der Waals surface area contributed by atoms with Gasteiger partial charge in [-0.3, -0.25) is 4.79 Å². The molecular formula is C16H24N2OS. The third-order valence-electron chi connectivity index (χ3n) is 3.77. The molecule has 0 radical (unpaired) electrons. The summed E-state index contributed by atoms with van der Waals surface area (Å²) in [6, 6.07) is 8.02. The van der Waals surface area contributed by atoms with E-state index in [-0.39, 0.29) is 5.91 Å². The standard InChI is InChI=1S/C16H24N2OS/c1-3-14-12-18(10-11-20-14)16(19)15-7-5-4-6-13(15)8-9-17-2/h4-7,14,17H,3,8-12H2,1-2H3. The maximum absolute atomic E-state index is 12.7. The molecule has 1 unspecified atom stereocenters. The van der Waals surface area contributed by atoms with E-state index < -0.39 is 0 Å². The Kier molecular flexibility index (Phi) is 5.92. The van der Waals surface area contributed by atoms with E-state index in [0.717, 1.165) is 49.4 Å². The van der Waals surface area contributed by atoms with Gasteiger partial charge >= 0.3 is 0 Å². The second-order valence-electron chi connectivity index (χ2n) is 5.16. The number of rotatable bonds is 5. The van der Waals surface area contributed by atoms with E-state index in [4.69, 9.17) is 0 Å². The van der Waals surface area contributed by atoms with Crippen molar-refractivity contribution < 1.29 is 4.79 Å². The molecule has 110 valence electrons. The fraction of sp³-hybridized carbons (Fsp3) is 0.562. The zero-order valence-corrected chi connectivity index (χ0v) is 13.2. The second kappa shape index (κ2) is 7.70. The lowest BCUT2D eigenvalue weighted by Crippen LogP contribution is -2.42. The zero-order chi connectivity index (χ0) is 14.4. The van der Waals surface area contributed by atoms with Crippen LogP contribution in [0.1, 0.15) is 29.3 Å². The van der Waals surface area contributed by atoms with Gasteiger partial charge in [0.25, 0.3) is 5.91 Å². The van der Waals surface area contributed by atoms with Gasteiger partial charge in [-0.1, -0.05) is 25.1 Å². The lowest BCUT2D eigenvalue weighted by Gasteiger charge is -2.32. The molecule has 1 N–H and O–H groups in total. The van der Waals surface area contributed by atoms with E-state index in [1.165, 1.54) is 0 Å². The molecule has 0 bridgehead atoms. The van der Waals surface area contributed by atoms with Crippen LogP contribution in [0.4, 0.5) is 0 Å². The first-order valence-corrected chi connectivity index (χ1v) is 8.44. The summed E-state index contributed by atoms with van der Waals surface area (Å²) < 4.78 is 0. The minimum atomic E-state index is 0.204. The number of likely N-dealkylation sites (N-methyl/N-ethyl adjacent to an activating group) is 1. The molecule has 0 aromatic heterocycles. The lowest BCUT2D eigenvalue weighted by molar-refractivity contribution is 0.0760. The maximum atomic E-state index is 12.7. The topological polar surface area (TPSA) is 32.3 Å². The van der Waals surface area contributed by atoms with Gasteiger partial charge in [-0.2, -0.15) is 11.8 Å². The van der Waals surface area contributed by atoms with E-state index in [0.29, 0.717) is 5.25 Å². The number of nitrogens with zero attached hydrogens (tertiary/aromatic N) is 1. The summed E-state index contributed by atoms with van der Waals surface area (Å²) in [5.41, 5.74) is 2.03. The number of nitrogens with one attached hydrogen (secondary N) is 1. The van der Waals surface area contributed by atoms with Crippen LogP contribution in [-0.4, -0.2) is 48.5 Å². The van der Waals surface area contributed by atoms with Gasteiger partial charge in [0.1, 0.15) is 0 Å². The number of amides is 1. The molecule has 1 saturated heterocycles. The zero-order valence-electron chi connectivity index (χ0n) is 12.4. The van der Waals surface area contributed by atoms with Gasteiger partial charge in [0.15, 0.2) is 0 Å². The molecule has 1 atom stereocenters. The molecule has 1 fully saturated rings. The van der Waals surface area contributed by atoms with Crippen molar-refractivity contribution in [2.75, 3.05) is 32.4 Å². The molecule has 1 aliphatic heterocycles. The Balaban J connectivity index is 2.11. The number of thioether (sulfide) groups is 1. The molecular weight excluding hydrogens is 268 g/mol. The molecule has 20 heavy (non-hydrogen) atoms. The Bertz CT molecular complexity index is 450. The number of hydrogen-bond donors (Lipinski definition) is 1. The van der Waals surface area contributed by atoms with Crippen LogP contribution in [0, 0.1) is 0 Å². The third kappa shape index (κ3) is 3.76. The number of carbonyl (C=O) groups is 1. The van der Waals surface area contributed by atoms with Gasteiger partial charge in [0, 0.05) is 29.7 Å². The molecule has 1 aliphatic rings. The van der Waals surface area contributed by atoms with Crippen molar-refractivity contribution in [3.05, 3.63) is 35.4 Å². The van der Waals surface area contributed by atoms with Crippen molar-refractivity contribution in [2.24, 2.45) is 0 Å². The summed E-state index contributed by atoms with van der Waals surface area (Å²) in [6.45, 7) is 4.87. The van der Waals surface area contributed by atoms with Gasteiger partial charge in [0.05, 0.1) is 0 Å². The molecule has 1 aromatic rings. The van der Waals surface area contributed by atoms with E-state index in [9.17, 15) is 4.79 Å². The smallest absolute Gasteiger partial charge is 0.254 e. The predicted octanol–water partition coefficient (Wildman–Crippen LogP) is 2.42. The quantitative estimate of drug-likeness (QED) is 0.904. The van der Waals surface area contributed by atoms with Gasteiger partial charge < -0.3 is 10.2 Å².